The van der Waals surface area contributed by atoms with Crippen molar-refractivity contribution in [1.29, 1.82) is 0 Å². The Hall–Kier alpha value is -2.40. The van der Waals surface area contributed by atoms with Crippen LogP contribution in [0.15, 0.2) is 54.1 Å². The van der Waals surface area contributed by atoms with Crippen molar-refractivity contribution in [3.05, 3.63) is 59.7 Å². The molecule has 5 heteroatoms. The maximum absolute atomic E-state index is 12.6. The van der Waals surface area contributed by atoms with Crippen LogP contribution in [0.25, 0.3) is 0 Å². The minimum Gasteiger partial charge on any atom is -0.457 e. The highest BCUT2D eigenvalue weighted by molar-refractivity contribution is 6.01. The lowest BCUT2D eigenvalue weighted by molar-refractivity contribution is -0.148. The highest BCUT2D eigenvalue weighted by Gasteiger charge is 2.18. The van der Waals surface area contributed by atoms with E-state index < -0.39 is 11.6 Å². The fourth-order valence-corrected chi connectivity index (χ4v) is 2.33. The SMILES string of the molecule is CCN(CC)C(=O)C(C=CCOCc1ccccc1)=CC(=O)OC(C)(C)C. The summed E-state index contributed by atoms with van der Waals surface area (Å²) in [7, 11) is 0. The molecule has 0 aliphatic heterocycles. The summed E-state index contributed by atoms with van der Waals surface area (Å²) in [5, 5.41) is 0. The monoisotopic (exact) mass is 373 g/mol. The van der Waals surface area contributed by atoms with E-state index >= 15 is 0 Å². The topological polar surface area (TPSA) is 55.8 Å². The molecule has 1 aromatic carbocycles. The lowest BCUT2D eigenvalue weighted by Crippen LogP contribution is -2.32. The minimum atomic E-state index is -0.612. The molecule has 0 saturated carbocycles. The van der Waals surface area contributed by atoms with Gasteiger partial charge in [-0.3, -0.25) is 4.79 Å². The third-order valence-corrected chi connectivity index (χ3v) is 3.60. The zero-order valence-electron chi connectivity index (χ0n) is 17.0. The predicted molar refractivity (Wildman–Crippen MR) is 107 cm³/mol. The number of carbonyl (C=O) groups is 2. The highest BCUT2D eigenvalue weighted by atomic mass is 16.6. The second-order valence-corrected chi connectivity index (χ2v) is 7.01. The van der Waals surface area contributed by atoms with Crippen LogP contribution in [0.1, 0.15) is 40.2 Å². The summed E-state index contributed by atoms with van der Waals surface area (Å²) in [6.07, 6.45) is 4.61. The van der Waals surface area contributed by atoms with E-state index in [2.05, 4.69) is 0 Å². The summed E-state index contributed by atoms with van der Waals surface area (Å²) in [6, 6.07) is 9.84. The van der Waals surface area contributed by atoms with E-state index in [0.29, 0.717) is 26.3 Å². The van der Waals surface area contributed by atoms with Gasteiger partial charge in [0.25, 0.3) is 5.91 Å². The van der Waals surface area contributed by atoms with Crippen molar-refractivity contribution < 1.29 is 19.1 Å². The average molecular weight is 373 g/mol. The minimum absolute atomic E-state index is 0.204. The molecule has 0 aromatic heterocycles. The normalized spacial score (nSPS) is 12.3. The Bertz CT molecular complexity index is 653. The van der Waals surface area contributed by atoms with E-state index in [1.807, 2.05) is 44.2 Å². The first-order valence-electron chi connectivity index (χ1n) is 9.29. The molecule has 0 unspecified atom stereocenters. The largest absolute Gasteiger partial charge is 0.457 e. The van der Waals surface area contributed by atoms with E-state index in [-0.39, 0.29) is 11.5 Å². The van der Waals surface area contributed by atoms with Crippen LogP contribution in [-0.2, 0) is 25.7 Å². The summed E-state index contributed by atoms with van der Waals surface area (Å²) in [5.74, 6) is -0.738. The highest BCUT2D eigenvalue weighted by Crippen LogP contribution is 2.11. The van der Waals surface area contributed by atoms with Gasteiger partial charge in [0.2, 0.25) is 0 Å². The molecule has 0 aliphatic carbocycles. The fraction of sp³-hybridized carbons (Fsp3) is 0.455. The Kier molecular flexibility index (Phi) is 9.51. The van der Waals surface area contributed by atoms with Crippen LogP contribution >= 0.6 is 0 Å². The zero-order valence-corrected chi connectivity index (χ0v) is 17.0. The molecule has 0 saturated heterocycles. The van der Waals surface area contributed by atoms with Crippen LogP contribution < -0.4 is 0 Å². The summed E-state index contributed by atoms with van der Waals surface area (Å²) in [6.45, 7) is 11.1. The van der Waals surface area contributed by atoms with E-state index in [1.165, 1.54) is 6.08 Å². The van der Waals surface area contributed by atoms with Crippen molar-refractivity contribution in [1.82, 2.24) is 4.90 Å². The van der Waals surface area contributed by atoms with Crippen molar-refractivity contribution in [3.63, 3.8) is 0 Å². The molecule has 0 aliphatic rings. The molecule has 5 nitrogen and oxygen atoms in total. The van der Waals surface area contributed by atoms with Crippen LogP contribution in [0.5, 0.6) is 0 Å². The van der Waals surface area contributed by atoms with Gasteiger partial charge < -0.3 is 14.4 Å². The standard InChI is InChI=1S/C22H31NO4/c1-6-23(7-2)21(25)19(16-20(24)27-22(3,4)5)14-11-15-26-17-18-12-9-8-10-13-18/h8-14,16H,6-7,15,17H2,1-5H3. The summed E-state index contributed by atoms with van der Waals surface area (Å²) < 4.78 is 10.9. The molecule has 0 heterocycles. The molecule has 0 fully saturated rings. The van der Waals surface area contributed by atoms with Crippen LogP contribution in [0.3, 0.4) is 0 Å². The maximum Gasteiger partial charge on any atom is 0.332 e. The van der Waals surface area contributed by atoms with Crippen molar-refractivity contribution in [2.45, 2.75) is 46.8 Å². The second-order valence-electron chi connectivity index (χ2n) is 7.01. The average Bonchev–Trinajstić information content (AvgIpc) is 2.60. The number of likely N-dealkylation sites (N-methyl/N-ethyl adjacent to an activating group) is 1. The number of nitrogens with zero attached hydrogens (tertiary/aromatic N) is 1. The van der Waals surface area contributed by atoms with Gasteiger partial charge in [-0.05, 0) is 40.2 Å². The molecule has 0 N–H and O–H groups in total. The van der Waals surface area contributed by atoms with Crippen LogP contribution in [-0.4, -0.2) is 42.1 Å². The Morgan fingerprint density at radius 2 is 1.70 bits per heavy atom. The lowest BCUT2D eigenvalue weighted by atomic mass is 10.1. The fourth-order valence-electron chi connectivity index (χ4n) is 2.33. The first-order valence-corrected chi connectivity index (χ1v) is 9.29. The number of esters is 1. The second kappa shape index (κ2) is 11.3. The quantitative estimate of drug-likeness (QED) is 0.285. The van der Waals surface area contributed by atoms with Crippen LogP contribution in [0, 0.1) is 0 Å². The van der Waals surface area contributed by atoms with Gasteiger partial charge in [0.1, 0.15) is 5.60 Å². The molecular weight excluding hydrogens is 342 g/mol. The van der Waals surface area contributed by atoms with E-state index in [0.717, 1.165) is 5.56 Å². The van der Waals surface area contributed by atoms with Crippen molar-refractivity contribution >= 4 is 11.9 Å². The van der Waals surface area contributed by atoms with E-state index in [1.54, 1.807) is 37.8 Å². The smallest absolute Gasteiger partial charge is 0.332 e. The first-order chi connectivity index (χ1) is 12.8. The Morgan fingerprint density at radius 1 is 1.07 bits per heavy atom. The summed E-state index contributed by atoms with van der Waals surface area (Å²) in [5.41, 5.74) is 0.755. The Labute approximate surface area is 162 Å². The van der Waals surface area contributed by atoms with Crippen LogP contribution in [0.4, 0.5) is 0 Å². The molecule has 1 aromatic rings. The molecular formula is C22H31NO4. The first kappa shape index (κ1) is 22.6. The van der Waals surface area contributed by atoms with Gasteiger partial charge in [0.05, 0.1) is 13.2 Å². The molecule has 27 heavy (non-hydrogen) atoms. The van der Waals surface area contributed by atoms with Crippen molar-refractivity contribution in [2.24, 2.45) is 0 Å². The number of benzene rings is 1. The van der Waals surface area contributed by atoms with Gasteiger partial charge in [-0.25, -0.2) is 4.79 Å². The molecule has 1 rings (SSSR count). The summed E-state index contributed by atoms with van der Waals surface area (Å²) >= 11 is 0. The summed E-state index contributed by atoms with van der Waals surface area (Å²) in [4.78, 5) is 26.4. The van der Waals surface area contributed by atoms with E-state index in [9.17, 15) is 9.59 Å². The molecule has 0 atom stereocenters. The van der Waals surface area contributed by atoms with Gasteiger partial charge in [0.15, 0.2) is 0 Å². The molecule has 148 valence electrons. The Balaban J connectivity index is 2.77. The van der Waals surface area contributed by atoms with Gasteiger partial charge in [-0.1, -0.05) is 42.5 Å². The van der Waals surface area contributed by atoms with Crippen molar-refractivity contribution in [3.8, 4) is 0 Å². The number of hydrogen-bond acceptors (Lipinski definition) is 4. The number of ether oxygens (including phenoxy) is 2. The molecule has 0 bridgehead atoms. The van der Waals surface area contributed by atoms with Gasteiger partial charge in [0, 0.05) is 24.7 Å². The number of carbonyl (C=O) groups excluding carboxylic acids is 2. The molecule has 0 radical (unpaired) electrons. The third kappa shape index (κ3) is 9.20. The third-order valence-electron chi connectivity index (χ3n) is 3.60. The van der Waals surface area contributed by atoms with Crippen LogP contribution in [0.2, 0.25) is 0 Å². The number of amides is 1. The number of rotatable bonds is 9. The van der Waals surface area contributed by atoms with Gasteiger partial charge >= 0.3 is 5.97 Å². The zero-order chi connectivity index (χ0) is 20.3. The van der Waals surface area contributed by atoms with Crippen molar-refractivity contribution in [2.75, 3.05) is 19.7 Å². The Morgan fingerprint density at radius 3 is 2.26 bits per heavy atom. The van der Waals surface area contributed by atoms with E-state index in [4.69, 9.17) is 9.47 Å². The maximum atomic E-state index is 12.6. The predicted octanol–water partition coefficient (Wildman–Crippen LogP) is 3.90. The molecule has 1 amide bonds. The van der Waals surface area contributed by atoms with Gasteiger partial charge in [-0.15, -0.1) is 0 Å². The molecule has 0 spiro atoms. The number of hydrogen-bond donors (Lipinski definition) is 0. The van der Waals surface area contributed by atoms with Gasteiger partial charge in [-0.2, -0.15) is 0 Å². The lowest BCUT2D eigenvalue weighted by Gasteiger charge is -2.20.